The van der Waals surface area contributed by atoms with E-state index < -0.39 is 5.82 Å². The molecule has 3 rings (SSSR count). The molecule has 30 heavy (non-hydrogen) atoms. The van der Waals surface area contributed by atoms with Gasteiger partial charge in [0.15, 0.2) is 0 Å². The number of rotatable bonds is 8. The van der Waals surface area contributed by atoms with Crippen molar-refractivity contribution < 1.29 is 13.6 Å². The van der Waals surface area contributed by atoms with Crippen molar-refractivity contribution in [3.05, 3.63) is 71.4 Å². The first kappa shape index (κ1) is 21.5. The molecule has 5 nitrogen and oxygen atoms in total. The molecule has 2 amide bonds. The minimum absolute atomic E-state index is 0.197. The number of H-pyrrole nitrogens is 1. The fourth-order valence-electron chi connectivity index (χ4n) is 3.15. The van der Waals surface area contributed by atoms with Crippen LogP contribution in [0.25, 0.3) is 11.3 Å². The summed E-state index contributed by atoms with van der Waals surface area (Å²) < 4.78 is 26.8. The lowest BCUT2D eigenvalue weighted by Crippen LogP contribution is -2.32. The molecule has 0 saturated carbocycles. The summed E-state index contributed by atoms with van der Waals surface area (Å²) in [5, 5.41) is 9.91. The van der Waals surface area contributed by atoms with Gasteiger partial charge in [-0.1, -0.05) is 12.5 Å². The molecule has 0 aliphatic carbocycles. The van der Waals surface area contributed by atoms with Crippen LogP contribution in [0.3, 0.4) is 0 Å². The van der Waals surface area contributed by atoms with Crippen LogP contribution >= 0.6 is 0 Å². The van der Waals surface area contributed by atoms with Crippen molar-refractivity contribution in [3.63, 3.8) is 0 Å². The number of aryl methyl sites for hydroxylation is 2. The fraction of sp³-hybridized carbons (Fsp3) is 0.304. The number of nitrogens with one attached hydrogen (secondary N) is 2. The smallest absolute Gasteiger partial charge is 0.321 e. The van der Waals surface area contributed by atoms with Gasteiger partial charge in [-0.2, -0.15) is 5.10 Å². The van der Waals surface area contributed by atoms with Crippen molar-refractivity contribution in [2.75, 3.05) is 18.9 Å². The van der Waals surface area contributed by atoms with E-state index in [1.807, 2.05) is 13.0 Å². The number of anilines is 1. The maximum absolute atomic E-state index is 13.8. The molecule has 158 valence electrons. The Hall–Kier alpha value is -3.22. The normalized spacial score (nSPS) is 10.8. The number of nitrogens with zero attached hydrogens (tertiary/aromatic N) is 2. The molecule has 0 saturated heterocycles. The first-order valence-corrected chi connectivity index (χ1v) is 10.0. The summed E-state index contributed by atoms with van der Waals surface area (Å²) in [6, 6.07) is 12.5. The summed E-state index contributed by atoms with van der Waals surface area (Å²) >= 11 is 0. The Morgan fingerprint density at radius 1 is 1.07 bits per heavy atom. The molecule has 1 heterocycles. The van der Waals surface area contributed by atoms with Crippen LogP contribution in [-0.2, 0) is 6.42 Å². The Kier molecular flexibility index (Phi) is 7.17. The van der Waals surface area contributed by atoms with Gasteiger partial charge in [-0.05, 0) is 74.2 Å². The van der Waals surface area contributed by atoms with Gasteiger partial charge in [-0.15, -0.1) is 0 Å². The highest BCUT2D eigenvalue weighted by Gasteiger charge is 2.11. The second kappa shape index (κ2) is 10.0. The van der Waals surface area contributed by atoms with Crippen molar-refractivity contribution in [2.45, 2.75) is 32.6 Å². The SMILES string of the molecule is Cc1ccc(F)c(NC(=O)N(C)CCCCCc2cc(-c3ccc(F)cc3)n[nH]2)c1. The molecule has 0 radical (unpaired) electrons. The number of unbranched alkanes of at least 4 members (excludes halogenated alkanes) is 2. The van der Waals surface area contributed by atoms with Crippen LogP contribution in [0.5, 0.6) is 0 Å². The van der Waals surface area contributed by atoms with Crippen molar-refractivity contribution in [3.8, 4) is 11.3 Å². The summed E-state index contributed by atoms with van der Waals surface area (Å²) in [6.07, 6.45) is 3.59. The number of aromatic nitrogens is 2. The standard InChI is InChI=1S/C23H26F2N4O/c1-16-7-12-20(25)22(14-16)26-23(30)29(2)13-5-3-4-6-19-15-21(28-27-19)17-8-10-18(24)11-9-17/h7-12,14-15H,3-6,13H2,1-2H3,(H,26,30)(H,27,28). The van der Waals surface area contributed by atoms with E-state index in [0.717, 1.165) is 48.2 Å². The number of hydrogen-bond donors (Lipinski definition) is 2. The van der Waals surface area contributed by atoms with Gasteiger partial charge in [0, 0.05) is 24.8 Å². The van der Waals surface area contributed by atoms with Crippen LogP contribution in [0.2, 0.25) is 0 Å². The summed E-state index contributed by atoms with van der Waals surface area (Å²) in [4.78, 5) is 13.8. The monoisotopic (exact) mass is 412 g/mol. The van der Waals surface area contributed by atoms with Crippen LogP contribution < -0.4 is 5.32 Å². The predicted octanol–water partition coefficient (Wildman–Crippen LogP) is 5.54. The molecule has 2 N–H and O–H groups in total. The molecule has 0 spiro atoms. The number of hydrogen-bond acceptors (Lipinski definition) is 2. The van der Waals surface area contributed by atoms with Crippen molar-refractivity contribution in [1.29, 1.82) is 0 Å². The number of aromatic amines is 1. The molecule has 0 bridgehead atoms. The van der Waals surface area contributed by atoms with Gasteiger partial charge in [0.25, 0.3) is 0 Å². The molecule has 2 aromatic carbocycles. The zero-order valence-corrected chi connectivity index (χ0v) is 17.2. The number of carbonyl (C=O) groups excluding carboxylic acids is 1. The number of benzene rings is 2. The maximum Gasteiger partial charge on any atom is 0.321 e. The second-order valence-electron chi connectivity index (χ2n) is 7.43. The highest BCUT2D eigenvalue weighted by atomic mass is 19.1. The summed E-state index contributed by atoms with van der Waals surface area (Å²) in [7, 11) is 1.70. The Balaban J connectivity index is 1.38. The van der Waals surface area contributed by atoms with E-state index in [0.29, 0.717) is 6.54 Å². The Morgan fingerprint density at radius 3 is 2.60 bits per heavy atom. The predicted molar refractivity (Wildman–Crippen MR) is 114 cm³/mol. The summed E-state index contributed by atoms with van der Waals surface area (Å²) in [6.45, 7) is 2.43. The lowest BCUT2D eigenvalue weighted by Gasteiger charge is -2.18. The van der Waals surface area contributed by atoms with Crippen LogP contribution in [-0.4, -0.2) is 34.7 Å². The average molecular weight is 412 g/mol. The van der Waals surface area contributed by atoms with Gasteiger partial charge < -0.3 is 10.2 Å². The van der Waals surface area contributed by atoms with Crippen molar-refractivity contribution >= 4 is 11.7 Å². The van der Waals surface area contributed by atoms with Gasteiger partial charge in [-0.25, -0.2) is 13.6 Å². The van der Waals surface area contributed by atoms with Crippen molar-refractivity contribution in [2.24, 2.45) is 0 Å². The molecule has 7 heteroatoms. The first-order chi connectivity index (χ1) is 14.4. The van der Waals surface area contributed by atoms with E-state index in [1.165, 1.54) is 18.2 Å². The Labute approximate surface area is 175 Å². The van der Waals surface area contributed by atoms with Gasteiger partial charge in [0.05, 0.1) is 11.4 Å². The fourth-order valence-corrected chi connectivity index (χ4v) is 3.15. The molecule has 0 aliphatic rings. The quantitative estimate of drug-likeness (QED) is 0.477. The highest BCUT2D eigenvalue weighted by Crippen LogP contribution is 2.19. The molecular weight excluding hydrogens is 386 g/mol. The first-order valence-electron chi connectivity index (χ1n) is 10.0. The lowest BCUT2D eigenvalue weighted by atomic mass is 10.1. The van der Waals surface area contributed by atoms with Crippen LogP contribution in [0.4, 0.5) is 19.3 Å². The Morgan fingerprint density at radius 2 is 1.83 bits per heavy atom. The molecule has 0 fully saturated rings. The summed E-state index contributed by atoms with van der Waals surface area (Å²) in [5.41, 5.74) is 3.77. The summed E-state index contributed by atoms with van der Waals surface area (Å²) in [5.74, 6) is -0.709. The number of halogens is 2. The highest BCUT2D eigenvalue weighted by molar-refractivity contribution is 5.89. The van der Waals surface area contributed by atoms with Gasteiger partial charge >= 0.3 is 6.03 Å². The van der Waals surface area contributed by atoms with E-state index in [4.69, 9.17) is 0 Å². The van der Waals surface area contributed by atoms with Gasteiger partial charge in [0.1, 0.15) is 11.6 Å². The third kappa shape index (κ3) is 5.89. The zero-order chi connectivity index (χ0) is 21.5. The van der Waals surface area contributed by atoms with Gasteiger partial charge in [-0.3, -0.25) is 5.10 Å². The van der Waals surface area contributed by atoms with Crippen LogP contribution in [0, 0.1) is 18.6 Å². The van der Waals surface area contributed by atoms with E-state index in [9.17, 15) is 13.6 Å². The molecular formula is C23H26F2N4O. The maximum atomic E-state index is 13.8. The molecule has 3 aromatic rings. The van der Waals surface area contributed by atoms with E-state index in [-0.39, 0.29) is 17.5 Å². The minimum Gasteiger partial charge on any atom is -0.328 e. The lowest BCUT2D eigenvalue weighted by molar-refractivity contribution is 0.221. The number of urea groups is 1. The van der Waals surface area contributed by atoms with Crippen molar-refractivity contribution in [1.82, 2.24) is 15.1 Å². The number of carbonyl (C=O) groups is 1. The van der Waals surface area contributed by atoms with Crippen LogP contribution in [0.15, 0.2) is 48.5 Å². The molecule has 1 aromatic heterocycles. The minimum atomic E-state index is -0.443. The molecule has 0 aliphatic heterocycles. The van der Waals surface area contributed by atoms with Crippen LogP contribution in [0.1, 0.15) is 30.5 Å². The topological polar surface area (TPSA) is 61.0 Å². The Bertz CT molecular complexity index is 985. The third-order valence-corrected chi connectivity index (χ3v) is 4.92. The number of amides is 2. The average Bonchev–Trinajstić information content (AvgIpc) is 3.19. The van der Waals surface area contributed by atoms with E-state index >= 15 is 0 Å². The van der Waals surface area contributed by atoms with Gasteiger partial charge in [0.2, 0.25) is 0 Å². The largest absolute Gasteiger partial charge is 0.328 e. The second-order valence-corrected chi connectivity index (χ2v) is 7.43. The van der Waals surface area contributed by atoms with E-state index in [2.05, 4.69) is 15.5 Å². The zero-order valence-electron chi connectivity index (χ0n) is 17.2. The van der Waals surface area contributed by atoms with E-state index in [1.54, 1.807) is 36.2 Å². The molecule has 0 atom stereocenters. The third-order valence-electron chi connectivity index (χ3n) is 4.92. The molecule has 0 unspecified atom stereocenters.